The first-order valence-electron chi connectivity index (χ1n) is 7.74. The van der Waals surface area contributed by atoms with Crippen LogP contribution in [0.15, 0.2) is 12.1 Å². The van der Waals surface area contributed by atoms with Crippen molar-refractivity contribution < 1.29 is 13.5 Å². The van der Waals surface area contributed by atoms with E-state index in [1.165, 1.54) is 25.0 Å². The zero-order valence-corrected chi connectivity index (χ0v) is 12.7. The van der Waals surface area contributed by atoms with Crippen LogP contribution in [0.2, 0.25) is 0 Å². The average Bonchev–Trinajstić information content (AvgIpc) is 2.49. The van der Waals surface area contributed by atoms with Crippen molar-refractivity contribution in [3.8, 4) is 17.6 Å². The van der Waals surface area contributed by atoms with E-state index in [9.17, 15) is 8.78 Å². The van der Waals surface area contributed by atoms with E-state index in [4.69, 9.17) is 4.74 Å². The van der Waals surface area contributed by atoms with E-state index in [0.29, 0.717) is 12.5 Å². The number of ether oxygens (including phenoxy) is 1. The largest absolute Gasteiger partial charge is 0.490 e. The van der Waals surface area contributed by atoms with Gasteiger partial charge in [0.2, 0.25) is 5.82 Å². The molecule has 2 rings (SSSR count). The third-order valence-electron chi connectivity index (χ3n) is 3.94. The van der Waals surface area contributed by atoms with Crippen LogP contribution in [0.1, 0.15) is 51.5 Å². The summed E-state index contributed by atoms with van der Waals surface area (Å²) in [6.45, 7) is 4.54. The maximum Gasteiger partial charge on any atom is 0.201 e. The Labute approximate surface area is 125 Å². The van der Waals surface area contributed by atoms with Crippen LogP contribution in [-0.2, 0) is 0 Å². The van der Waals surface area contributed by atoms with Gasteiger partial charge in [-0.25, -0.2) is 4.39 Å². The van der Waals surface area contributed by atoms with E-state index >= 15 is 0 Å². The summed E-state index contributed by atoms with van der Waals surface area (Å²) in [5, 5.41) is 0. The molecule has 1 fully saturated rings. The van der Waals surface area contributed by atoms with E-state index in [1.807, 2.05) is 6.92 Å². The van der Waals surface area contributed by atoms with Crippen LogP contribution in [0.4, 0.5) is 8.78 Å². The fourth-order valence-corrected chi connectivity index (χ4v) is 2.54. The lowest BCUT2D eigenvalue weighted by atomic mass is 9.83. The highest BCUT2D eigenvalue weighted by Crippen LogP contribution is 2.28. The summed E-state index contributed by atoms with van der Waals surface area (Å²) in [4.78, 5) is 0. The number of hydrogen-bond acceptors (Lipinski definition) is 1. The lowest BCUT2D eigenvalue weighted by molar-refractivity contribution is 0.295. The van der Waals surface area contributed by atoms with Gasteiger partial charge in [0.05, 0.1) is 12.2 Å². The first-order chi connectivity index (χ1) is 10.1. The maximum atomic E-state index is 13.9. The van der Waals surface area contributed by atoms with E-state index in [0.717, 1.165) is 25.2 Å². The number of rotatable bonds is 3. The van der Waals surface area contributed by atoms with Gasteiger partial charge in [-0.15, -0.1) is 0 Å². The van der Waals surface area contributed by atoms with E-state index < -0.39 is 11.6 Å². The summed E-state index contributed by atoms with van der Waals surface area (Å²) >= 11 is 0. The molecule has 0 spiro atoms. The van der Waals surface area contributed by atoms with Crippen molar-refractivity contribution in [2.24, 2.45) is 11.8 Å². The summed E-state index contributed by atoms with van der Waals surface area (Å²) in [6, 6.07) is 2.96. The normalized spacial score (nSPS) is 21.5. The van der Waals surface area contributed by atoms with Crippen LogP contribution < -0.4 is 4.74 Å². The number of benzene rings is 1. The van der Waals surface area contributed by atoms with Crippen molar-refractivity contribution >= 4 is 0 Å². The third kappa shape index (κ3) is 4.20. The van der Waals surface area contributed by atoms with Crippen LogP contribution in [-0.4, -0.2) is 6.61 Å². The molecule has 21 heavy (non-hydrogen) atoms. The molecule has 1 nitrogen and oxygen atoms in total. The van der Waals surface area contributed by atoms with Gasteiger partial charge in [-0.05, 0) is 50.2 Å². The molecule has 0 radical (unpaired) electrons. The second kappa shape index (κ2) is 7.45. The first-order valence-corrected chi connectivity index (χ1v) is 7.74. The Bertz CT molecular complexity index is 534. The SMILES string of the molecule is CCCOc1ccc(C#CC2CCC(C)CC2)c(F)c1F. The monoisotopic (exact) mass is 292 g/mol. The standard InChI is InChI=1S/C18H22F2O/c1-3-12-21-16-11-10-15(17(19)18(16)20)9-8-14-6-4-13(2)5-7-14/h10-11,13-14H,3-7,12H2,1-2H3. The molecule has 114 valence electrons. The fraction of sp³-hybridized carbons (Fsp3) is 0.556. The lowest BCUT2D eigenvalue weighted by Crippen LogP contribution is -2.10. The van der Waals surface area contributed by atoms with Gasteiger partial charge in [0, 0.05) is 5.92 Å². The Morgan fingerprint density at radius 3 is 2.52 bits per heavy atom. The van der Waals surface area contributed by atoms with Crippen molar-refractivity contribution in [2.45, 2.75) is 46.0 Å². The molecule has 1 aliphatic carbocycles. The van der Waals surface area contributed by atoms with Crippen molar-refractivity contribution in [3.05, 3.63) is 29.3 Å². The zero-order chi connectivity index (χ0) is 15.2. The minimum Gasteiger partial charge on any atom is -0.490 e. The number of halogens is 2. The Hall–Kier alpha value is -1.56. The lowest BCUT2D eigenvalue weighted by Gasteiger charge is -2.21. The van der Waals surface area contributed by atoms with Crippen LogP contribution >= 0.6 is 0 Å². The molecule has 0 bridgehead atoms. The Morgan fingerprint density at radius 1 is 1.14 bits per heavy atom. The van der Waals surface area contributed by atoms with Crippen molar-refractivity contribution in [3.63, 3.8) is 0 Å². The highest BCUT2D eigenvalue weighted by atomic mass is 19.2. The quantitative estimate of drug-likeness (QED) is 0.718. The van der Waals surface area contributed by atoms with Gasteiger partial charge in [-0.3, -0.25) is 0 Å². The van der Waals surface area contributed by atoms with Gasteiger partial charge in [0.25, 0.3) is 0 Å². The summed E-state index contributed by atoms with van der Waals surface area (Å²) < 4.78 is 32.9. The molecule has 1 saturated carbocycles. The zero-order valence-electron chi connectivity index (χ0n) is 12.7. The molecule has 0 atom stereocenters. The minimum absolute atomic E-state index is 0.0357. The van der Waals surface area contributed by atoms with Gasteiger partial charge >= 0.3 is 0 Å². The average molecular weight is 292 g/mol. The first kappa shape index (κ1) is 15.8. The molecular formula is C18H22F2O. The molecule has 0 N–H and O–H groups in total. The van der Waals surface area contributed by atoms with Crippen LogP contribution in [0.5, 0.6) is 5.75 Å². The summed E-state index contributed by atoms with van der Waals surface area (Å²) in [5.74, 6) is 5.08. The van der Waals surface area contributed by atoms with E-state index in [-0.39, 0.29) is 11.3 Å². The Morgan fingerprint density at radius 2 is 1.86 bits per heavy atom. The van der Waals surface area contributed by atoms with Crippen molar-refractivity contribution in [1.82, 2.24) is 0 Å². The van der Waals surface area contributed by atoms with Gasteiger partial charge in [-0.1, -0.05) is 25.7 Å². The molecule has 0 aromatic heterocycles. The molecular weight excluding hydrogens is 270 g/mol. The molecule has 0 aliphatic heterocycles. The van der Waals surface area contributed by atoms with Gasteiger partial charge in [0.1, 0.15) is 0 Å². The fourth-order valence-electron chi connectivity index (χ4n) is 2.54. The summed E-state index contributed by atoms with van der Waals surface area (Å²) in [5.41, 5.74) is 0.120. The second-order valence-electron chi connectivity index (χ2n) is 5.81. The molecule has 1 aromatic carbocycles. The van der Waals surface area contributed by atoms with Crippen LogP contribution in [0, 0.1) is 35.3 Å². The third-order valence-corrected chi connectivity index (χ3v) is 3.94. The second-order valence-corrected chi connectivity index (χ2v) is 5.81. The smallest absolute Gasteiger partial charge is 0.201 e. The summed E-state index contributed by atoms with van der Waals surface area (Å²) in [6.07, 6.45) is 5.19. The predicted molar refractivity (Wildman–Crippen MR) is 80.1 cm³/mol. The topological polar surface area (TPSA) is 9.23 Å². The molecule has 1 aromatic rings. The predicted octanol–water partition coefficient (Wildman–Crippen LogP) is 4.93. The van der Waals surface area contributed by atoms with Crippen molar-refractivity contribution in [1.29, 1.82) is 0 Å². The molecule has 1 aliphatic rings. The number of hydrogen-bond donors (Lipinski definition) is 0. The van der Waals surface area contributed by atoms with Gasteiger partial charge < -0.3 is 4.74 Å². The molecule has 3 heteroatoms. The molecule has 0 amide bonds. The van der Waals surface area contributed by atoms with Gasteiger partial charge in [-0.2, -0.15) is 4.39 Å². The summed E-state index contributed by atoms with van der Waals surface area (Å²) in [7, 11) is 0. The maximum absolute atomic E-state index is 13.9. The molecule has 0 unspecified atom stereocenters. The van der Waals surface area contributed by atoms with Crippen LogP contribution in [0.3, 0.4) is 0 Å². The van der Waals surface area contributed by atoms with Crippen molar-refractivity contribution in [2.75, 3.05) is 6.61 Å². The highest BCUT2D eigenvalue weighted by Gasteiger charge is 2.17. The van der Waals surface area contributed by atoms with Gasteiger partial charge in [0.15, 0.2) is 11.6 Å². The van der Waals surface area contributed by atoms with Crippen LogP contribution in [0.25, 0.3) is 0 Å². The Balaban J connectivity index is 2.09. The highest BCUT2D eigenvalue weighted by molar-refractivity contribution is 5.41. The molecule has 0 saturated heterocycles. The Kier molecular flexibility index (Phi) is 5.61. The van der Waals surface area contributed by atoms with E-state index in [2.05, 4.69) is 18.8 Å². The molecule has 0 heterocycles. The van der Waals surface area contributed by atoms with E-state index in [1.54, 1.807) is 0 Å². The minimum atomic E-state index is -0.937.